The van der Waals surface area contributed by atoms with Crippen LogP contribution in [0.3, 0.4) is 0 Å². The van der Waals surface area contributed by atoms with Crippen molar-refractivity contribution in [1.29, 1.82) is 0 Å². The predicted octanol–water partition coefficient (Wildman–Crippen LogP) is 0.858. The van der Waals surface area contributed by atoms with Crippen LogP contribution in [-0.4, -0.2) is 68.6 Å². The molecule has 0 amide bonds. The van der Waals surface area contributed by atoms with Gasteiger partial charge in [-0.3, -0.25) is 9.89 Å². The van der Waals surface area contributed by atoms with Crippen molar-refractivity contribution in [1.82, 2.24) is 9.80 Å². The van der Waals surface area contributed by atoms with Gasteiger partial charge in [0.25, 0.3) is 0 Å². The highest BCUT2D eigenvalue weighted by molar-refractivity contribution is 8.03. The molecule has 5 heteroatoms. The van der Waals surface area contributed by atoms with Crippen LogP contribution in [0.5, 0.6) is 0 Å². The summed E-state index contributed by atoms with van der Waals surface area (Å²) in [6.07, 6.45) is 3.89. The summed E-state index contributed by atoms with van der Waals surface area (Å²) in [5, 5.41) is 0. The van der Waals surface area contributed by atoms with Crippen LogP contribution in [0, 0.1) is 0 Å². The Bertz CT molecular complexity index is 280. The number of nitrogens with two attached hydrogens (primary N) is 1. The molecule has 1 rings (SSSR count). The van der Waals surface area contributed by atoms with Gasteiger partial charge in [-0.25, -0.2) is 0 Å². The van der Waals surface area contributed by atoms with Gasteiger partial charge in [0.2, 0.25) is 0 Å². The van der Waals surface area contributed by atoms with Gasteiger partial charge >= 0.3 is 0 Å². The minimum Gasteiger partial charge on any atom is -0.400 e. The summed E-state index contributed by atoms with van der Waals surface area (Å²) >= 11 is 1.66. The van der Waals surface area contributed by atoms with E-state index in [1.54, 1.807) is 18.8 Å². The lowest BCUT2D eigenvalue weighted by molar-refractivity contribution is 0.145. The van der Waals surface area contributed by atoms with E-state index in [2.05, 4.69) is 21.7 Å². The zero-order valence-corrected chi connectivity index (χ0v) is 12.0. The zero-order valence-electron chi connectivity index (χ0n) is 11.1. The standard InChI is InChI=1S/C12H24N4S/c1-4-15-5-7-16(8-6-15)10-11(13)12(17-3)9-14-2/h9H,4-8,10,13H2,1-3H3. The smallest absolute Gasteiger partial charge is 0.0449 e. The number of likely N-dealkylation sites (N-methyl/N-ethyl adjacent to an activating group) is 1. The zero-order chi connectivity index (χ0) is 12.7. The largest absolute Gasteiger partial charge is 0.400 e. The second kappa shape index (κ2) is 7.74. The lowest BCUT2D eigenvalue weighted by atomic mass is 10.3. The van der Waals surface area contributed by atoms with Crippen LogP contribution in [0.4, 0.5) is 0 Å². The molecule has 98 valence electrons. The fourth-order valence-corrected chi connectivity index (χ4v) is 2.50. The highest BCUT2D eigenvalue weighted by Gasteiger charge is 2.16. The highest BCUT2D eigenvalue weighted by atomic mass is 32.2. The normalized spacial score (nSPS) is 20.9. The number of nitrogens with zero attached hydrogens (tertiary/aromatic N) is 3. The molecule has 1 saturated heterocycles. The summed E-state index contributed by atoms with van der Waals surface area (Å²) in [4.78, 5) is 10.0. The lowest BCUT2D eigenvalue weighted by Crippen LogP contribution is -2.47. The van der Waals surface area contributed by atoms with Crippen molar-refractivity contribution >= 4 is 18.0 Å². The fraction of sp³-hybridized carbons (Fsp3) is 0.750. The molecule has 0 saturated carbocycles. The van der Waals surface area contributed by atoms with Crippen LogP contribution in [-0.2, 0) is 0 Å². The number of allylic oxidation sites excluding steroid dienone is 1. The third-order valence-corrected chi connectivity index (χ3v) is 3.90. The summed E-state index contributed by atoms with van der Waals surface area (Å²) in [5.74, 6) is 0. The first kappa shape index (κ1) is 14.5. The molecule has 1 fully saturated rings. The Balaban J connectivity index is 2.49. The monoisotopic (exact) mass is 256 g/mol. The van der Waals surface area contributed by atoms with Gasteiger partial charge in [-0.05, 0) is 12.8 Å². The third kappa shape index (κ3) is 4.69. The van der Waals surface area contributed by atoms with Gasteiger partial charge in [0.1, 0.15) is 0 Å². The van der Waals surface area contributed by atoms with Crippen LogP contribution in [0.25, 0.3) is 0 Å². The number of hydrogen-bond acceptors (Lipinski definition) is 5. The molecule has 0 unspecified atom stereocenters. The molecule has 1 heterocycles. The molecular weight excluding hydrogens is 232 g/mol. The maximum absolute atomic E-state index is 6.12. The Labute approximate surface area is 109 Å². The molecular formula is C12H24N4S. The molecule has 0 aromatic rings. The molecule has 2 N–H and O–H groups in total. The molecule has 1 aliphatic heterocycles. The molecule has 0 atom stereocenters. The molecule has 17 heavy (non-hydrogen) atoms. The quantitative estimate of drug-likeness (QED) is 0.741. The molecule has 1 aliphatic rings. The van der Waals surface area contributed by atoms with Gasteiger partial charge in [-0.2, -0.15) is 0 Å². The summed E-state index contributed by atoms with van der Waals surface area (Å²) in [7, 11) is 1.78. The Morgan fingerprint density at radius 3 is 2.35 bits per heavy atom. The predicted molar refractivity (Wildman–Crippen MR) is 77.7 cm³/mol. The first-order valence-electron chi connectivity index (χ1n) is 6.10. The Morgan fingerprint density at radius 1 is 1.29 bits per heavy atom. The van der Waals surface area contributed by atoms with Gasteiger partial charge < -0.3 is 10.6 Å². The molecule has 0 aromatic heterocycles. The van der Waals surface area contributed by atoms with Gasteiger partial charge in [0, 0.05) is 56.6 Å². The van der Waals surface area contributed by atoms with Gasteiger partial charge in [0.05, 0.1) is 0 Å². The van der Waals surface area contributed by atoms with Crippen LogP contribution in [0.15, 0.2) is 15.6 Å². The highest BCUT2D eigenvalue weighted by Crippen LogP contribution is 2.13. The van der Waals surface area contributed by atoms with E-state index in [1.165, 1.54) is 0 Å². The summed E-state index contributed by atoms with van der Waals surface area (Å²) < 4.78 is 0. The Kier molecular flexibility index (Phi) is 6.62. The fourth-order valence-electron chi connectivity index (χ4n) is 1.97. The van der Waals surface area contributed by atoms with E-state index < -0.39 is 0 Å². The van der Waals surface area contributed by atoms with Gasteiger partial charge in [-0.1, -0.05) is 6.92 Å². The van der Waals surface area contributed by atoms with Gasteiger partial charge in [0.15, 0.2) is 0 Å². The van der Waals surface area contributed by atoms with Crippen LogP contribution in [0.1, 0.15) is 6.92 Å². The lowest BCUT2D eigenvalue weighted by Gasteiger charge is -2.34. The average molecular weight is 256 g/mol. The van der Waals surface area contributed by atoms with Crippen molar-refractivity contribution in [3.63, 3.8) is 0 Å². The number of piperazine rings is 1. The van der Waals surface area contributed by atoms with Crippen molar-refractivity contribution < 1.29 is 0 Å². The van der Waals surface area contributed by atoms with E-state index in [1.807, 2.05) is 12.5 Å². The van der Waals surface area contributed by atoms with E-state index >= 15 is 0 Å². The average Bonchev–Trinajstić information content (AvgIpc) is 2.36. The number of aliphatic imine (C=N–C) groups is 1. The van der Waals surface area contributed by atoms with E-state index in [-0.39, 0.29) is 0 Å². The molecule has 0 aromatic carbocycles. The number of hydrogen-bond donors (Lipinski definition) is 1. The van der Waals surface area contributed by atoms with E-state index in [0.717, 1.165) is 49.9 Å². The summed E-state index contributed by atoms with van der Waals surface area (Å²) in [5.41, 5.74) is 7.06. The first-order valence-corrected chi connectivity index (χ1v) is 7.33. The Hall–Kier alpha value is -0.520. The Morgan fingerprint density at radius 2 is 1.88 bits per heavy atom. The van der Waals surface area contributed by atoms with E-state index in [9.17, 15) is 0 Å². The maximum Gasteiger partial charge on any atom is 0.0449 e. The molecule has 0 aliphatic carbocycles. The summed E-state index contributed by atoms with van der Waals surface area (Å²) in [6, 6.07) is 0. The first-order chi connectivity index (χ1) is 8.21. The van der Waals surface area contributed by atoms with Crippen LogP contribution < -0.4 is 5.73 Å². The van der Waals surface area contributed by atoms with E-state index in [4.69, 9.17) is 5.73 Å². The van der Waals surface area contributed by atoms with E-state index in [0.29, 0.717) is 0 Å². The van der Waals surface area contributed by atoms with Crippen molar-refractivity contribution in [2.24, 2.45) is 10.7 Å². The van der Waals surface area contributed by atoms with Crippen molar-refractivity contribution in [2.75, 3.05) is 52.6 Å². The second-order valence-corrected chi connectivity index (χ2v) is 5.04. The van der Waals surface area contributed by atoms with Crippen molar-refractivity contribution in [2.45, 2.75) is 6.92 Å². The maximum atomic E-state index is 6.12. The van der Waals surface area contributed by atoms with Crippen LogP contribution >= 0.6 is 11.8 Å². The SMILES string of the molecule is CCN1CCN(CC(N)=C(C=NC)SC)CC1. The van der Waals surface area contributed by atoms with Gasteiger partial charge in [-0.15, -0.1) is 11.8 Å². The number of thioether (sulfide) groups is 1. The molecule has 0 radical (unpaired) electrons. The van der Waals surface area contributed by atoms with Crippen molar-refractivity contribution in [3.8, 4) is 0 Å². The van der Waals surface area contributed by atoms with Crippen molar-refractivity contribution in [3.05, 3.63) is 10.6 Å². The second-order valence-electron chi connectivity index (χ2n) is 4.19. The molecule has 0 bridgehead atoms. The molecule has 4 nitrogen and oxygen atoms in total. The molecule has 0 spiro atoms. The minimum absolute atomic E-state index is 0.861. The third-order valence-electron chi connectivity index (χ3n) is 3.09. The van der Waals surface area contributed by atoms with Crippen LogP contribution in [0.2, 0.25) is 0 Å². The minimum atomic E-state index is 0.861. The number of rotatable bonds is 5. The topological polar surface area (TPSA) is 44.9 Å². The summed E-state index contributed by atoms with van der Waals surface area (Å²) in [6.45, 7) is 8.75.